The number of rotatable bonds is 14. The van der Waals surface area contributed by atoms with Crippen molar-refractivity contribution in [3.63, 3.8) is 0 Å². The summed E-state index contributed by atoms with van der Waals surface area (Å²) in [6.45, 7) is 15.3. The average Bonchev–Trinajstić information content (AvgIpc) is 3.37. The van der Waals surface area contributed by atoms with Gasteiger partial charge in [0.15, 0.2) is 0 Å². The van der Waals surface area contributed by atoms with Crippen LogP contribution in [0, 0.1) is 46.3 Å². The second-order valence-electron chi connectivity index (χ2n) is 17.0. The number of allylic oxidation sites excluding steroid dienone is 1. The van der Waals surface area contributed by atoms with Gasteiger partial charge in [0.2, 0.25) is 0 Å². The summed E-state index contributed by atoms with van der Waals surface area (Å²) in [5.41, 5.74) is 2.22. The molecule has 4 aliphatic carbocycles. The smallest absolute Gasteiger partial charge is 0.132 e. The molecule has 1 aliphatic heterocycles. The second-order valence-corrected chi connectivity index (χ2v) is 18.2. The van der Waals surface area contributed by atoms with Gasteiger partial charge in [-0.2, -0.15) is 0 Å². The van der Waals surface area contributed by atoms with Gasteiger partial charge in [-0.1, -0.05) is 78.4 Å². The van der Waals surface area contributed by atoms with Crippen LogP contribution in [0.5, 0.6) is 0 Å². The molecule has 0 aromatic heterocycles. The summed E-state index contributed by atoms with van der Waals surface area (Å²) in [5.74, 6) is 6.24. The summed E-state index contributed by atoms with van der Waals surface area (Å²) >= 11 is 1.55. The Bertz CT molecular complexity index is 971. The molecule has 0 radical (unpaired) electrons. The lowest BCUT2D eigenvalue weighted by Gasteiger charge is -2.58. The number of aliphatic hydroxyl groups is 3. The monoisotopic (exact) mass is 648 g/mol. The van der Waals surface area contributed by atoms with Gasteiger partial charge in [0, 0.05) is 6.61 Å². The molecule has 3 N–H and O–H groups in total. The molecule has 1 heterocycles. The number of ether oxygens (including phenoxy) is 2. The zero-order valence-corrected chi connectivity index (χ0v) is 30.4. The van der Waals surface area contributed by atoms with Crippen molar-refractivity contribution in [1.82, 2.24) is 0 Å². The van der Waals surface area contributed by atoms with Crippen molar-refractivity contribution in [3.8, 4) is 0 Å². The predicted molar refractivity (Wildman–Crippen MR) is 186 cm³/mol. The molecule has 45 heavy (non-hydrogen) atoms. The van der Waals surface area contributed by atoms with E-state index in [0.717, 1.165) is 80.0 Å². The summed E-state index contributed by atoms with van der Waals surface area (Å²) in [4.78, 5) is 0. The van der Waals surface area contributed by atoms with E-state index >= 15 is 0 Å². The summed E-state index contributed by atoms with van der Waals surface area (Å²) in [6.07, 6.45) is 18.9. The van der Waals surface area contributed by atoms with Crippen LogP contribution in [-0.4, -0.2) is 63.6 Å². The van der Waals surface area contributed by atoms with E-state index in [1.165, 1.54) is 64.2 Å². The molecule has 0 amide bonds. The minimum atomic E-state index is -1.14. The highest BCUT2D eigenvalue weighted by molar-refractivity contribution is 7.99. The average molecular weight is 649 g/mol. The van der Waals surface area contributed by atoms with Crippen molar-refractivity contribution < 1.29 is 24.8 Å². The first-order valence-electron chi connectivity index (χ1n) is 19.1. The molecule has 13 atom stereocenters. The van der Waals surface area contributed by atoms with Gasteiger partial charge in [-0.25, -0.2) is 0 Å². The van der Waals surface area contributed by atoms with Gasteiger partial charge in [0.1, 0.15) is 23.7 Å². The number of aliphatic hydroxyl groups excluding tert-OH is 3. The highest BCUT2D eigenvalue weighted by Crippen LogP contribution is 2.67. The molecule has 5 aliphatic rings. The molecule has 5 nitrogen and oxygen atoms in total. The van der Waals surface area contributed by atoms with Crippen molar-refractivity contribution in [1.29, 1.82) is 0 Å². The minimum Gasteiger partial charge on any atom is -0.388 e. The Morgan fingerprint density at radius 2 is 1.67 bits per heavy atom. The van der Waals surface area contributed by atoms with Crippen LogP contribution in [0.1, 0.15) is 138 Å². The quantitative estimate of drug-likeness (QED) is 0.129. The number of hydrogen-bond acceptors (Lipinski definition) is 6. The highest BCUT2D eigenvalue weighted by atomic mass is 32.2. The first-order chi connectivity index (χ1) is 21.5. The van der Waals surface area contributed by atoms with Crippen molar-refractivity contribution in [2.24, 2.45) is 46.3 Å². The molecule has 0 spiro atoms. The van der Waals surface area contributed by atoms with Gasteiger partial charge >= 0.3 is 0 Å². The third-order valence-electron chi connectivity index (χ3n) is 13.7. The third kappa shape index (κ3) is 7.88. The van der Waals surface area contributed by atoms with E-state index in [9.17, 15) is 15.3 Å². The Morgan fingerprint density at radius 3 is 2.44 bits per heavy atom. The van der Waals surface area contributed by atoms with Gasteiger partial charge in [-0.3, -0.25) is 0 Å². The van der Waals surface area contributed by atoms with E-state index in [-0.39, 0.29) is 0 Å². The van der Waals surface area contributed by atoms with Crippen LogP contribution in [0.15, 0.2) is 11.6 Å². The fourth-order valence-corrected chi connectivity index (χ4v) is 12.2. The highest BCUT2D eigenvalue weighted by Gasteiger charge is 2.59. The van der Waals surface area contributed by atoms with E-state index in [2.05, 4.69) is 40.7 Å². The maximum Gasteiger partial charge on any atom is 0.132 e. The van der Waals surface area contributed by atoms with Crippen LogP contribution in [0.25, 0.3) is 0 Å². The van der Waals surface area contributed by atoms with Gasteiger partial charge < -0.3 is 24.8 Å². The van der Waals surface area contributed by atoms with Crippen molar-refractivity contribution in [2.45, 2.75) is 174 Å². The van der Waals surface area contributed by atoms with Crippen molar-refractivity contribution >= 4 is 11.8 Å². The SMILES string of the molecule is CC(C)CCC[C@@H](C)[C@H]1CC[C@H]2[C@@H]3CC=C4C[C@@H](OCCCCCCS[C@@H]5O[C@H](C)[C@H](O)[C@H](O)[C@H]5O)CC[C@]4(C)[C@H]3CC[C@]12C. The Morgan fingerprint density at radius 1 is 0.889 bits per heavy atom. The maximum absolute atomic E-state index is 10.2. The normalized spacial score (nSPS) is 43.8. The summed E-state index contributed by atoms with van der Waals surface area (Å²) in [7, 11) is 0. The largest absolute Gasteiger partial charge is 0.388 e. The third-order valence-corrected chi connectivity index (χ3v) is 15.0. The van der Waals surface area contributed by atoms with Crippen LogP contribution in [0.3, 0.4) is 0 Å². The van der Waals surface area contributed by atoms with E-state index in [4.69, 9.17) is 9.47 Å². The van der Waals surface area contributed by atoms with Gasteiger partial charge in [0.05, 0.1) is 12.2 Å². The van der Waals surface area contributed by atoms with Crippen LogP contribution < -0.4 is 0 Å². The zero-order valence-electron chi connectivity index (χ0n) is 29.6. The molecule has 4 fully saturated rings. The number of fused-ring (bicyclic) bond motifs is 5. The fourth-order valence-electron chi connectivity index (χ4n) is 11.0. The molecule has 0 unspecified atom stereocenters. The van der Waals surface area contributed by atoms with Crippen LogP contribution in [0.4, 0.5) is 0 Å². The molecule has 0 aromatic rings. The van der Waals surface area contributed by atoms with E-state index in [1.54, 1.807) is 24.3 Å². The molecule has 5 rings (SSSR count). The summed E-state index contributed by atoms with van der Waals surface area (Å²) < 4.78 is 12.2. The molecule has 0 bridgehead atoms. The van der Waals surface area contributed by atoms with Gasteiger partial charge in [-0.15, -0.1) is 11.8 Å². The van der Waals surface area contributed by atoms with E-state index < -0.39 is 29.9 Å². The molecule has 3 saturated carbocycles. The fraction of sp³-hybridized carbons (Fsp3) is 0.949. The molecule has 260 valence electrons. The van der Waals surface area contributed by atoms with Gasteiger partial charge in [-0.05, 0) is 123 Å². The number of hydrogen-bond donors (Lipinski definition) is 3. The lowest BCUT2D eigenvalue weighted by molar-refractivity contribution is -0.192. The lowest BCUT2D eigenvalue weighted by Crippen LogP contribution is -2.55. The molecular weight excluding hydrogens is 580 g/mol. The number of unbranched alkanes of at least 4 members (excludes halogenated alkanes) is 3. The van der Waals surface area contributed by atoms with E-state index in [0.29, 0.717) is 16.9 Å². The number of thioether (sulfide) groups is 1. The molecule has 6 heteroatoms. The Hall–Kier alpha value is -0.110. The zero-order chi connectivity index (χ0) is 32.4. The van der Waals surface area contributed by atoms with Gasteiger partial charge in [0.25, 0.3) is 0 Å². The van der Waals surface area contributed by atoms with Crippen LogP contribution in [0.2, 0.25) is 0 Å². The predicted octanol–water partition coefficient (Wildman–Crippen LogP) is 8.53. The molecular formula is C39H68O5S. The van der Waals surface area contributed by atoms with Crippen LogP contribution >= 0.6 is 11.8 Å². The lowest BCUT2D eigenvalue weighted by atomic mass is 9.47. The van der Waals surface area contributed by atoms with Crippen molar-refractivity contribution in [3.05, 3.63) is 11.6 Å². The maximum atomic E-state index is 10.2. The second kappa shape index (κ2) is 15.6. The summed E-state index contributed by atoms with van der Waals surface area (Å²) in [6, 6.07) is 0. The minimum absolute atomic E-state index is 0.390. The molecule has 0 aromatic carbocycles. The Labute approximate surface area is 280 Å². The van der Waals surface area contributed by atoms with Crippen molar-refractivity contribution in [2.75, 3.05) is 12.4 Å². The molecule has 1 saturated heterocycles. The van der Waals surface area contributed by atoms with Crippen LogP contribution in [-0.2, 0) is 9.47 Å². The first kappa shape index (κ1) is 36.2. The summed E-state index contributed by atoms with van der Waals surface area (Å²) in [5, 5.41) is 30.1. The Balaban J connectivity index is 1.02. The standard InChI is InChI=1S/C39H68O5S/c1-25(2)12-11-13-26(3)31-16-17-32-30-15-14-28-24-29(18-20-38(28,5)33(30)19-21-39(31,32)6)43-22-9-7-8-10-23-45-37-36(42)35(41)34(40)27(4)44-37/h14,25-27,29-37,40-42H,7-13,15-24H2,1-6H3/t26-,27-,29+,30+,31-,32+,33+,34+,35+,36-,37+,38+,39-/m1/s1. The van der Waals surface area contributed by atoms with E-state index in [1.807, 2.05) is 0 Å². The first-order valence-corrected chi connectivity index (χ1v) is 20.1. The Kier molecular flexibility index (Phi) is 12.6. The topological polar surface area (TPSA) is 79.2 Å².